The number of unbranched alkanes of at least 4 members (excludes halogenated alkanes) is 5. The second-order valence-electron chi connectivity index (χ2n) is 4.97. The van der Waals surface area contributed by atoms with Crippen molar-refractivity contribution < 1.29 is 5.11 Å². The van der Waals surface area contributed by atoms with Crippen LogP contribution in [0.3, 0.4) is 0 Å². The first kappa shape index (κ1) is 15.6. The van der Waals surface area contributed by atoms with Crippen molar-refractivity contribution in [2.75, 3.05) is 0 Å². The third-order valence-corrected chi connectivity index (χ3v) is 3.22. The lowest BCUT2D eigenvalue weighted by atomic mass is 10.0. The van der Waals surface area contributed by atoms with Crippen molar-refractivity contribution in [1.29, 1.82) is 0 Å². The van der Waals surface area contributed by atoms with E-state index in [1.165, 1.54) is 44.1 Å². The molecular formula is C18H26O. The molecule has 0 amide bonds. The van der Waals surface area contributed by atoms with Gasteiger partial charge in [0.15, 0.2) is 0 Å². The van der Waals surface area contributed by atoms with E-state index in [9.17, 15) is 5.11 Å². The van der Waals surface area contributed by atoms with Gasteiger partial charge < -0.3 is 5.11 Å². The molecule has 0 fully saturated rings. The van der Waals surface area contributed by atoms with E-state index in [0.717, 1.165) is 12.8 Å². The number of benzene rings is 1. The van der Waals surface area contributed by atoms with E-state index in [-0.39, 0.29) is 0 Å². The van der Waals surface area contributed by atoms with Crippen LogP contribution in [0.15, 0.2) is 49.1 Å². The van der Waals surface area contributed by atoms with Gasteiger partial charge in [-0.25, -0.2) is 0 Å². The second kappa shape index (κ2) is 10.4. The Kier molecular flexibility index (Phi) is 8.54. The number of hydrogen-bond donors (Lipinski definition) is 1. The standard InChI is InChI=1S/C18H26O/c1-2-3-4-5-6-7-8-9-10-11-13-17-14-12-15-18(19)16-17/h2,4-5,12,14-16,19H,1,3,6-11,13H2. The average molecular weight is 258 g/mol. The number of rotatable bonds is 10. The lowest BCUT2D eigenvalue weighted by Crippen LogP contribution is -1.86. The van der Waals surface area contributed by atoms with Crippen molar-refractivity contribution in [2.24, 2.45) is 0 Å². The Morgan fingerprint density at radius 3 is 2.58 bits per heavy atom. The van der Waals surface area contributed by atoms with Gasteiger partial charge in [-0.05, 0) is 49.8 Å². The van der Waals surface area contributed by atoms with Gasteiger partial charge in [-0.2, -0.15) is 0 Å². The molecule has 0 aliphatic rings. The van der Waals surface area contributed by atoms with Gasteiger partial charge in [-0.3, -0.25) is 0 Å². The monoisotopic (exact) mass is 258 g/mol. The molecule has 0 unspecified atom stereocenters. The normalized spacial score (nSPS) is 10.9. The average Bonchev–Trinajstić information content (AvgIpc) is 2.41. The molecular weight excluding hydrogens is 232 g/mol. The molecule has 1 nitrogen and oxygen atoms in total. The predicted molar refractivity (Wildman–Crippen MR) is 83.5 cm³/mol. The Labute approximate surface area is 117 Å². The number of aryl methyl sites for hydroxylation is 1. The van der Waals surface area contributed by atoms with Crippen molar-refractivity contribution in [3.05, 3.63) is 54.6 Å². The van der Waals surface area contributed by atoms with Crippen LogP contribution < -0.4 is 0 Å². The summed E-state index contributed by atoms with van der Waals surface area (Å²) in [5.41, 5.74) is 1.24. The zero-order valence-corrected chi connectivity index (χ0v) is 11.9. The Hall–Kier alpha value is -1.50. The molecule has 1 aromatic rings. The van der Waals surface area contributed by atoms with E-state index < -0.39 is 0 Å². The zero-order valence-electron chi connectivity index (χ0n) is 11.9. The van der Waals surface area contributed by atoms with E-state index in [1.807, 2.05) is 18.2 Å². The van der Waals surface area contributed by atoms with E-state index in [0.29, 0.717) is 5.75 Å². The Bertz CT molecular complexity index is 379. The maximum absolute atomic E-state index is 9.36. The van der Waals surface area contributed by atoms with Crippen LogP contribution in [-0.4, -0.2) is 5.11 Å². The summed E-state index contributed by atoms with van der Waals surface area (Å²) in [5.74, 6) is 0.379. The molecule has 0 bridgehead atoms. The van der Waals surface area contributed by atoms with Gasteiger partial charge in [-0.15, -0.1) is 6.58 Å². The SMILES string of the molecule is C=CCC=CCCCCCCCc1cccc(O)c1. The summed E-state index contributed by atoms with van der Waals surface area (Å²) in [6, 6.07) is 7.60. The molecule has 1 aromatic carbocycles. The minimum absolute atomic E-state index is 0.379. The third-order valence-electron chi connectivity index (χ3n) is 3.22. The quantitative estimate of drug-likeness (QED) is 0.439. The molecule has 1 heteroatoms. The number of aromatic hydroxyl groups is 1. The molecule has 0 radical (unpaired) electrons. The highest BCUT2D eigenvalue weighted by molar-refractivity contribution is 5.27. The van der Waals surface area contributed by atoms with Gasteiger partial charge in [0.05, 0.1) is 0 Å². The van der Waals surface area contributed by atoms with Crippen LogP contribution in [0.25, 0.3) is 0 Å². The second-order valence-corrected chi connectivity index (χ2v) is 4.97. The highest BCUT2D eigenvalue weighted by Crippen LogP contribution is 2.14. The van der Waals surface area contributed by atoms with Crippen molar-refractivity contribution in [3.8, 4) is 5.75 Å². The molecule has 0 atom stereocenters. The lowest BCUT2D eigenvalue weighted by Gasteiger charge is -2.02. The van der Waals surface area contributed by atoms with Crippen molar-refractivity contribution >= 4 is 0 Å². The summed E-state index contributed by atoms with van der Waals surface area (Å²) in [6.45, 7) is 3.69. The minimum atomic E-state index is 0.379. The highest BCUT2D eigenvalue weighted by Gasteiger charge is 1.95. The fraction of sp³-hybridized carbons (Fsp3) is 0.444. The van der Waals surface area contributed by atoms with Crippen molar-refractivity contribution in [2.45, 2.75) is 51.4 Å². The van der Waals surface area contributed by atoms with Crippen molar-refractivity contribution in [3.63, 3.8) is 0 Å². The van der Waals surface area contributed by atoms with Gasteiger partial charge in [0.1, 0.15) is 5.75 Å². The molecule has 0 saturated carbocycles. The third kappa shape index (κ3) is 8.25. The smallest absolute Gasteiger partial charge is 0.115 e. The number of phenolic OH excluding ortho intramolecular Hbond substituents is 1. The molecule has 1 N–H and O–H groups in total. The first-order valence-electron chi connectivity index (χ1n) is 7.36. The van der Waals surface area contributed by atoms with Crippen molar-refractivity contribution in [1.82, 2.24) is 0 Å². The lowest BCUT2D eigenvalue weighted by molar-refractivity contribution is 0.474. The largest absolute Gasteiger partial charge is 0.508 e. The molecule has 0 saturated heterocycles. The summed E-state index contributed by atoms with van der Waals surface area (Å²) in [7, 11) is 0. The molecule has 19 heavy (non-hydrogen) atoms. The minimum Gasteiger partial charge on any atom is -0.508 e. The fourth-order valence-corrected chi connectivity index (χ4v) is 2.14. The van der Waals surface area contributed by atoms with Gasteiger partial charge in [-0.1, -0.05) is 49.6 Å². The van der Waals surface area contributed by atoms with E-state index in [4.69, 9.17) is 0 Å². The van der Waals surface area contributed by atoms with E-state index in [2.05, 4.69) is 24.8 Å². The summed E-state index contributed by atoms with van der Waals surface area (Å²) >= 11 is 0. The maximum Gasteiger partial charge on any atom is 0.115 e. The predicted octanol–water partition coefficient (Wildman–Crippen LogP) is 5.41. The topological polar surface area (TPSA) is 20.2 Å². The first-order chi connectivity index (χ1) is 9.33. The Morgan fingerprint density at radius 1 is 1.00 bits per heavy atom. The first-order valence-corrected chi connectivity index (χ1v) is 7.36. The molecule has 0 aliphatic heterocycles. The molecule has 0 aliphatic carbocycles. The Morgan fingerprint density at radius 2 is 1.79 bits per heavy atom. The molecule has 104 valence electrons. The van der Waals surface area contributed by atoms with Crippen LogP contribution in [0.2, 0.25) is 0 Å². The molecule has 0 spiro atoms. The number of phenols is 1. The van der Waals surface area contributed by atoms with Crippen LogP contribution in [0, 0.1) is 0 Å². The van der Waals surface area contributed by atoms with E-state index >= 15 is 0 Å². The van der Waals surface area contributed by atoms with Crippen LogP contribution in [0.5, 0.6) is 5.75 Å². The fourth-order valence-electron chi connectivity index (χ4n) is 2.14. The summed E-state index contributed by atoms with van der Waals surface area (Å²) in [5, 5.41) is 9.36. The summed E-state index contributed by atoms with van der Waals surface area (Å²) in [4.78, 5) is 0. The number of allylic oxidation sites excluding steroid dienone is 3. The van der Waals surface area contributed by atoms with Gasteiger partial charge in [0, 0.05) is 0 Å². The molecule has 1 rings (SSSR count). The van der Waals surface area contributed by atoms with Crippen LogP contribution in [0.1, 0.15) is 50.5 Å². The summed E-state index contributed by atoms with van der Waals surface area (Å²) < 4.78 is 0. The van der Waals surface area contributed by atoms with Gasteiger partial charge in [0.2, 0.25) is 0 Å². The molecule has 0 heterocycles. The van der Waals surface area contributed by atoms with E-state index in [1.54, 1.807) is 6.07 Å². The maximum atomic E-state index is 9.36. The zero-order chi connectivity index (χ0) is 13.8. The highest BCUT2D eigenvalue weighted by atomic mass is 16.3. The number of hydrogen-bond acceptors (Lipinski definition) is 1. The van der Waals surface area contributed by atoms with Gasteiger partial charge in [0.25, 0.3) is 0 Å². The van der Waals surface area contributed by atoms with Crippen LogP contribution in [-0.2, 0) is 6.42 Å². The van der Waals surface area contributed by atoms with Gasteiger partial charge >= 0.3 is 0 Å². The Balaban J connectivity index is 1.95. The van der Waals surface area contributed by atoms with Crippen LogP contribution >= 0.6 is 0 Å². The van der Waals surface area contributed by atoms with Crippen LogP contribution in [0.4, 0.5) is 0 Å². The molecule has 0 aromatic heterocycles. The summed E-state index contributed by atoms with van der Waals surface area (Å²) in [6.07, 6.45) is 16.1.